The number of hydrogen-bond acceptors (Lipinski definition) is 6. The number of benzene rings is 2. The molecule has 2 aromatic heterocycles. The fourth-order valence-corrected chi connectivity index (χ4v) is 3.30. The van der Waals surface area contributed by atoms with Gasteiger partial charge in [-0.15, -0.1) is 0 Å². The van der Waals surface area contributed by atoms with Crippen molar-refractivity contribution in [3.63, 3.8) is 0 Å². The van der Waals surface area contributed by atoms with Crippen molar-refractivity contribution in [3.05, 3.63) is 83.8 Å². The van der Waals surface area contributed by atoms with E-state index in [1.165, 1.54) is 0 Å². The lowest BCUT2D eigenvalue weighted by Crippen LogP contribution is -2.13. The summed E-state index contributed by atoms with van der Waals surface area (Å²) >= 11 is 0. The van der Waals surface area contributed by atoms with E-state index in [1.807, 2.05) is 73.7 Å². The first-order valence-electron chi connectivity index (χ1n) is 10.4. The predicted octanol–water partition coefficient (Wildman–Crippen LogP) is 5.57. The van der Waals surface area contributed by atoms with E-state index in [4.69, 9.17) is 16.0 Å². The number of rotatable bonds is 9. The molecule has 0 spiro atoms. The Morgan fingerprint density at radius 1 is 1.00 bits per heavy atom. The fourth-order valence-electron chi connectivity index (χ4n) is 3.30. The highest BCUT2D eigenvalue weighted by molar-refractivity contribution is 5.88. The third-order valence-corrected chi connectivity index (χ3v) is 4.87. The topological polar surface area (TPSA) is 88.5 Å². The number of para-hydroxylation sites is 1. The van der Waals surface area contributed by atoms with Gasteiger partial charge in [-0.1, -0.05) is 30.3 Å². The van der Waals surface area contributed by atoms with Crippen LogP contribution in [0.5, 0.6) is 11.5 Å². The number of aromatic amines is 1. The largest absolute Gasteiger partial charge is 0.497 e. The van der Waals surface area contributed by atoms with Gasteiger partial charge in [0.1, 0.15) is 29.7 Å². The van der Waals surface area contributed by atoms with E-state index in [1.54, 1.807) is 7.11 Å². The normalized spacial score (nSPS) is 10.3. The molecule has 0 saturated carbocycles. The van der Waals surface area contributed by atoms with Gasteiger partial charge in [-0.2, -0.15) is 5.10 Å². The van der Waals surface area contributed by atoms with E-state index in [9.17, 15) is 0 Å². The molecule has 0 aliphatic heterocycles. The number of ether oxygens (including phenoxy) is 2. The number of pyridine rings is 1. The Morgan fingerprint density at radius 3 is 2.45 bits per heavy atom. The maximum absolute atomic E-state index is 7.81. The maximum atomic E-state index is 7.81. The van der Waals surface area contributed by atoms with Gasteiger partial charge in [0.25, 0.3) is 0 Å². The molecule has 33 heavy (non-hydrogen) atoms. The molecule has 0 aliphatic rings. The van der Waals surface area contributed by atoms with Crippen molar-refractivity contribution < 1.29 is 9.47 Å². The molecule has 0 atom stereocenters. The quantitative estimate of drug-likeness (QED) is 0.233. The molecule has 2 heterocycles. The van der Waals surface area contributed by atoms with Gasteiger partial charge in [-0.05, 0) is 48.4 Å². The van der Waals surface area contributed by atoms with Crippen LogP contribution in [0.1, 0.15) is 5.69 Å². The highest BCUT2D eigenvalue weighted by Gasteiger charge is 2.16. The van der Waals surface area contributed by atoms with Gasteiger partial charge in [0, 0.05) is 18.3 Å². The number of aromatic nitrogens is 3. The first-order valence-corrected chi connectivity index (χ1v) is 10.4. The van der Waals surface area contributed by atoms with Gasteiger partial charge < -0.3 is 20.1 Å². The summed E-state index contributed by atoms with van der Waals surface area (Å²) < 4.78 is 11.0. The van der Waals surface area contributed by atoms with Gasteiger partial charge >= 0.3 is 0 Å². The van der Waals surface area contributed by atoms with Crippen LogP contribution in [0.2, 0.25) is 0 Å². The fraction of sp³-hybridized carbons (Fsp3) is 0.160. The van der Waals surface area contributed by atoms with Gasteiger partial charge in [0.2, 0.25) is 5.69 Å². The molecule has 0 bridgehead atoms. The Labute approximate surface area is 192 Å². The zero-order valence-corrected chi connectivity index (χ0v) is 18.4. The zero-order chi connectivity index (χ0) is 23.0. The number of nitrogens with one attached hydrogen (secondary N) is 3. The first kappa shape index (κ1) is 21.7. The van der Waals surface area contributed by atoms with Crippen LogP contribution < -0.4 is 20.1 Å². The zero-order valence-electron chi connectivity index (χ0n) is 18.4. The number of methoxy groups -OCH3 is 1. The smallest absolute Gasteiger partial charge is 0.235 e. The minimum Gasteiger partial charge on any atom is -0.497 e. The van der Waals surface area contributed by atoms with Gasteiger partial charge in [0.15, 0.2) is 5.82 Å². The maximum Gasteiger partial charge on any atom is 0.235 e. The van der Waals surface area contributed by atoms with Crippen LogP contribution >= 0.6 is 0 Å². The second-order valence-electron chi connectivity index (χ2n) is 7.24. The molecule has 3 N–H and O–H groups in total. The molecule has 4 rings (SSSR count). The molecule has 0 unspecified atom stereocenters. The summed E-state index contributed by atoms with van der Waals surface area (Å²) in [5, 5.41) is 13.6. The van der Waals surface area contributed by atoms with Crippen molar-refractivity contribution in [2.75, 3.05) is 30.9 Å². The van der Waals surface area contributed by atoms with E-state index in [2.05, 4.69) is 30.7 Å². The minimum atomic E-state index is 0.428. The number of H-pyrrole nitrogens is 1. The van der Waals surface area contributed by atoms with E-state index in [-0.39, 0.29) is 0 Å². The van der Waals surface area contributed by atoms with Gasteiger partial charge in [-0.3, -0.25) is 5.10 Å². The molecule has 4 aromatic rings. The Morgan fingerprint density at radius 2 is 1.79 bits per heavy atom. The van der Waals surface area contributed by atoms with E-state index < -0.39 is 0 Å². The number of nitrogens with zero attached hydrogens (tertiary/aromatic N) is 3. The summed E-state index contributed by atoms with van der Waals surface area (Å²) in [6.07, 6.45) is 0. The molecule has 0 fully saturated rings. The van der Waals surface area contributed by atoms with Crippen LogP contribution in [0.3, 0.4) is 0 Å². The molecule has 0 radical (unpaired) electrons. The second-order valence-corrected chi connectivity index (χ2v) is 7.24. The van der Waals surface area contributed by atoms with Crippen molar-refractivity contribution in [2.45, 2.75) is 6.92 Å². The van der Waals surface area contributed by atoms with E-state index >= 15 is 0 Å². The summed E-state index contributed by atoms with van der Waals surface area (Å²) in [4.78, 5) is 8.42. The van der Waals surface area contributed by atoms with Crippen LogP contribution in [0.25, 0.3) is 16.0 Å². The van der Waals surface area contributed by atoms with Crippen molar-refractivity contribution >= 4 is 23.1 Å². The molecule has 8 heteroatoms. The lowest BCUT2D eigenvalue weighted by atomic mass is 10.0. The lowest BCUT2D eigenvalue weighted by molar-refractivity contribution is 0.333. The Balaban J connectivity index is 1.62. The van der Waals surface area contributed by atoms with E-state index in [0.717, 1.165) is 28.3 Å². The van der Waals surface area contributed by atoms with Crippen molar-refractivity contribution in [3.8, 4) is 22.6 Å². The predicted molar refractivity (Wildman–Crippen MR) is 130 cm³/mol. The van der Waals surface area contributed by atoms with E-state index in [0.29, 0.717) is 36.3 Å². The molecular formula is C25H24N6O2. The molecule has 0 aliphatic carbocycles. The molecule has 166 valence electrons. The molecule has 8 nitrogen and oxygen atoms in total. The minimum absolute atomic E-state index is 0.428. The number of aryl methyl sites for hydroxylation is 1. The Kier molecular flexibility index (Phi) is 6.71. The second kappa shape index (κ2) is 10.2. The number of hydrogen-bond donors (Lipinski definition) is 3. The monoisotopic (exact) mass is 440 g/mol. The SMILES string of the molecule is [C-]#[N+]c1c(-c2ccc(OC)cc2)cc(Nc2cc(C)[nH]n2)nc1NCCOc1ccccc1. The van der Waals surface area contributed by atoms with Gasteiger partial charge in [0.05, 0.1) is 13.7 Å². The van der Waals surface area contributed by atoms with Crippen LogP contribution in [0.4, 0.5) is 23.1 Å². The third kappa shape index (κ3) is 5.40. The highest BCUT2D eigenvalue weighted by Crippen LogP contribution is 2.38. The molecular weight excluding hydrogens is 416 g/mol. The van der Waals surface area contributed by atoms with Gasteiger partial charge in [-0.25, -0.2) is 9.83 Å². The number of anilines is 3. The molecule has 0 amide bonds. The third-order valence-electron chi connectivity index (χ3n) is 4.87. The standard InChI is InChI=1S/C25H24N6O2/c1-17-15-23(31-30-17)28-22-16-21(18-9-11-19(32-3)12-10-18)24(26-2)25(29-22)27-13-14-33-20-7-5-4-6-8-20/h4-12,15-16H,13-14H2,1,3H3,(H3,27,28,29,30,31). The summed E-state index contributed by atoms with van der Waals surface area (Å²) in [6, 6.07) is 20.9. The van der Waals surface area contributed by atoms with Crippen LogP contribution in [-0.2, 0) is 0 Å². The summed E-state index contributed by atoms with van der Waals surface area (Å²) in [6.45, 7) is 10.7. The van der Waals surface area contributed by atoms with Crippen molar-refractivity contribution in [1.29, 1.82) is 0 Å². The summed E-state index contributed by atoms with van der Waals surface area (Å²) in [5.74, 6) is 3.24. The van der Waals surface area contributed by atoms with Crippen LogP contribution in [-0.4, -0.2) is 35.4 Å². The van der Waals surface area contributed by atoms with Crippen molar-refractivity contribution in [2.24, 2.45) is 0 Å². The van der Waals surface area contributed by atoms with Crippen LogP contribution in [0.15, 0.2) is 66.7 Å². The Bertz CT molecular complexity index is 1250. The first-order chi connectivity index (χ1) is 16.2. The average molecular weight is 441 g/mol. The van der Waals surface area contributed by atoms with Crippen LogP contribution in [0, 0.1) is 13.5 Å². The highest BCUT2D eigenvalue weighted by atomic mass is 16.5. The summed E-state index contributed by atoms with van der Waals surface area (Å²) in [5.41, 5.74) is 3.00. The average Bonchev–Trinajstić information content (AvgIpc) is 3.26. The van der Waals surface area contributed by atoms with Crippen molar-refractivity contribution in [1.82, 2.24) is 15.2 Å². The molecule has 2 aromatic carbocycles. The summed E-state index contributed by atoms with van der Waals surface area (Å²) in [7, 11) is 1.62. The molecule has 0 saturated heterocycles. The lowest BCUT2D eigenvalue weighted by Gasteiger charge is -2.15. The Hall–Kier alpha value is -4.51.